The Morgan fingerprint density at radius 1 is 1.25 bits per heavy atom. The molecule has 4 nitrogen and oxygen atoms in total. The predicted molar refractivity (Wildman–Crippen MR) is 84.5 cm³/mol. The van der Waals surface area contributed by atoms with E-state index in [0.29, 0.717) is 23.2 Å². The zero-order chi connectivity index (χ0) is 14.7. The molecular weight excluding hydrogens is 272 g/mol. The summed E-state index contributed by atoms with van der Waals surface area (Å²) in [6.07, 6.45) is 2.38. The van der Waals surface area contributed by atoms with Gasteiger partial charge in [-0.3, -0.25) is 4.90 Å². The number of nitrogens with one attached hydrogen (secondary N) is 1. The summed E-state index contributed by atoms with van der Waals surface area (Å²) < 4.78 is 0. The van der Waals surface area contributed by atoms with Crippen molar-refractivity contribution in [3.63, 3.8) is 0 Å². The molecular formula is C15H25ClN4. The fourth-order valence-corrected chi connectivity index (χ4v) is 2.67. The van der Waals surface area contributed by atoms with Crippen LogP contribution < -0.4 is 5.32 Å². The first-order chi connectivity index (χ1) is 9.47. The summed E-state index contributed by atoms with van der Waals surface area (Å²) in [5.74, 6) is 2.26. The molecule has 0 aliphatic heterocycles. The minimum atomic E-state index is 0.525. The molecule has 1 N–H and O–H groups in total. The van der Waals surface area contributed by atoms with Gasteiger partial charge in [0.1, 0.15) is 16.8 Å². The van der Waals surface area contributed by atoms with Crippen molar-refractivity contribution < 1.29 is 0 Å². The average Bonchev–Trinajstić information content (AvgIpc) is 3.17. The minimum absolute atomic E-state index is 0.525. The highest BCUT2D eigenvalue weighted by molar-refractivity contribution is 6.29. The summed E-state index contributed by atoms with van der Waals surface area (Å²) in [5, 5.41) is 3.91. The molecule has 0 atom stereocenters. The zero-order valence-corrected chi connectivity index (χ0v) is 13.6. The summed E-state index contributed by atoms with van der Waals surface area (Å²) in [4.78, 5) is 11.3. The fourth-order valence-electron chi connectivity index (χ4n) is 2.48. The number of rotatable bonds is 7. The van der Waals surface area contributed by atoms with E-state index in [2.05, 4.69) is 47.9 Å². The Bertz CT molecular complexity index is 435. The van der Waals surface area contributed by atoms with Crippen molar-refractivity contribution >= 4 is 17.4 Å². The van der Waals surface area contributed by atoms with Gasteiger partial charge in [0.05, 0.1) is 0 Å². The van der Waals surface area contributed by atoms with Crippen LogP contribution in [0.3, 0.4) is 0 Å². The quantitative estimate of drug-likeness (QED) is 0.782. The maximum absolute atomic E-state index is 6.06. The Kier molecular flexibility index (Phi) is 5.22. The highest BCUT2D eigenvalue weighted by atomic mass is 35.5. The van der Waals surface area contributed by atoms with Gasteiger partial charge in [-0.05, 0) is 40.5 Å². The van der Waals surface area contributed by atoms with Crippen molar-refractivity contribution in [3.05, 3.63) is 17.0 Å². The van der Waals surface area contributed by atoms with E-state index in [1.165, 1.54) is 12.8 Å². The Hall–Kier alpha value is -0.870. The Balaban J connectivity index is 1.90. The summed E-state index contributed by atoms with van der Waals surface area (Å²) >= 11 is 6.06. The first kappa shape index (κ1) is 15.5. The zero-order valence-electron chi connectivity index (χ0n) is 12.9. The largest absolute Gasteiger partial charge is 0.369 e. The highest BCUT2D eigenvalue weighted by Gasteiger charge is 2.27. The molecule has 1 heterocycles. The average molecular weight is 297 g/mol. The lowest BCUT2D eigenvalue weighted by Crippen LogP contribution is -2.40. The smallest absolute Gasteiger partial charge is 0.135 e. The van der Waals surface area contributed by atoms with Crippen LogP contribution in [0, 0.1) is 0 Å². The van der Waals surface area contributed by atoms with Gasteiger partial charge in [0.25, 0.3) is 0 Å². The third-order valence-corrected chi connectivity index (χ3v) is 3.85. The molecule has 0 saturated heterocycles. The van der Waals surface area contributed by atoms with Crippen LogP contribution in [0.2, 0.25) is 5.15 Å². The van der Waals surface area contributed by atoms with E-state index in [-0.39, 0.29) is 0 Å². The lowest BCUT2D eigenvalue weighted by Gasteiger charge is -2.30. The standard InChI is InChI=1S/C15H25ClN4/c1-10(2)20(11(3)4)8-7-17-14-9-13(16)18-15(19-14)12-5-6-12/h9-12H,5-8H2,1-4H3,(H,17,18,19). The first-order valence-corrected chi connectivity index (χ1v) is 7.89. The van der Waals surface area contributed by atoms with Crippen molar-refractivity contribution in [2.45, 2.75) is 58.5 Å². The summed E-state index contributed by atoms with van der Waals surface area (Å²) in [6.45, 7) is 10.8. The predicted octanol–water partition coefficient (Wildman–Crippen LogP) is 3.54. The topological polar surface area (TPSA) is 41.0 Å². The van der Waals surface area contributed by atoms with Gasteiger partial charge in [-0.15, -0.1) is 0 Å². The van der Waals surface area contributed by atoms with Crippen LogP contribution in [0.4, 0.5) is 5.82 Å². The molecule has 0 aromatic carbocycles. The van der Waals surface area contributed by atoms with Gasteiger partial charge in [0, 0.05) is 37.2 Å². The van der Waals surface area contributed by atoms with Crippen molar-refractivity contribution in [3.8, 4) is 0 Å². The first-order valence-electron chi connectivity index (χ1n) is 7.51. The van der Waals surface area contributed by atoms with E-state index in [0.717, 1.165) is 24.7 Å². The van der Waals surface area contributed by atoms with Gasteiger partial charge in [-0.2, -0.15) is 0 Å². The van der Waals surface area contributed by atoms with Crippen molar-refractivity contribution in [2.75, 3.05) is 18.4 Å². The third kappa shape index (κ3) is 4.32. The van der Waals surface area contributed by atoms with Gasteiger partial charge in [0.15, 0.2) is 0 Å². The van der Waals surface area contributed by atoms with Gasteiger partial charge >= 0.3 is 0 Å². The number of hydrogen-bond donors (Lipinski definition) is 1. The van der Waals surface area contributed by atoms with Crippen LogP contribution in [0.15, 0.2) is 6.07 Å². The van der Waals surface area contributed by atoms with E-state index in [9.17, 15) is 0 Å². The van der Waals surface area contributed by atoms with Crippen LogP contribution in [0.25, 0.3) is 0 Å². The van der Waals surface area contributed by atoms with Crippen LogP contribution in [0.5, 0.6) is 0 Å². The highest BCUT2D eigenvalue weighted by Crippen LogP contribution is 2.38. The van der Waals surface area contributed by atoms with Gasteiger partial charge in [-0.1, -0.05) is 11.6 Å². The molecule has 0 amide bonds. The monoisotopic (exact) mass is 296 g/mol. The second kappa shape index (κ2) is 6.72. The lowest BCUT2D eigenvalue weighted by atomic mass is 10.2. The molecule has 2 rings (SSSR count). The molecule has 0 radical (unpaired) electrons. The second-order valence-electron chi connectivity index (χ2n) is 6.06. The van der Waals surface area contributed by atoms with Crippen molar-refractivity contribution in [2.24, 2.45) is 0 Å². The van der Waals surface area contributed by atoms with E-state index >= 15 is 0 Å². The number of halogens is 1. The number of hydrogen-bond acceptors (Lipinski definition) is 4. The van der Waals surface area contributed by atoms with Gasteiger partial charge < -0.3 is 5.32 Å². The molecule has 0 spiro atoms. The lowest BCUT2D eigenvalue weighted by molar-refractivity contribution is 0.182. The Labute approximate surface area is 126 Å². The molecule has 0 unspecified atom stereocenters. The molecule has 0 bridgehead atoms. The van der Waals surface area contributed by atoms with E-state index in [4.69, 9.17) is 11.6 Å². The molecule has 1 aromatic heterocycles. The van der Waals surface area contributed by atoms with Crippen molar-refractivity contribution in [1.29, 1.82) is 0 Å². The van der Waals surface area contributed by atoms with Gasteiger partial charge in [-0.25, -0.2) is 9.97 Å². The molecule has 1 aliphatic carbocycles. The van der Waals surface area contributed by atoms with Crippen LogP contribution >= 0.6 is 11.6 Å². The maximum atomic E-state index is 6.06. The summed E-state index contributed by atoms with van der Waals surface area (Å²) in [6, 6.07) is 2.91. The molecule has 1 saturated carbocycles. The van der Waals surface area contributed by atoms with E-state index in [1.807, 2.05) is 6.07 Å². The Morgan fingerprint density at radius 3 is 2.45 bits per heavy atom. The molecule has 5 heteroatoms. The minimum Gasteiger partial charge on any atom is -0.369 e. The van der Waals surface area contributed by atoms with Crippen LogP contribution in [-0.4, -0.2) is 40.0 Å². The van der Waals surface area contributed by atoms with Crippen molar-refractivity contribution in [1.82, 2.24) is 14.9 Å². The molecule has 1 fully saturated rings. The SMILES string of the molecule is CC(C)N(CCNc1cc(Cl)nc(C2CC2)n1)C(C)C. The molecule has 1 aliphatic rings. The van der Waals surface area contributed by atoms with E-state index in [1.54, 1.807) is 0 Å². The number of nitrogens with zero attached hydrogens (tertiary/aromatic N) is 3. The normalized spacial score (nSPS) is 15.4. The number of aromatic nitrogens is 2. The molecule has 112 valence electrons. The van der Waals surface area contributed by atoms with E-state index < -0.39 is 0 Å². The summed E-state index contributed by atoms with van der Waals surface area (Å²) in [5.41, 5.74) is 0. The molecule has 1 aromatic rings. The fraction of sp³-hybridized carbons (Fsp3) is 0.733. The Morgan fingerprint density at radius 2 is 1.90 bits per heavy atom. The maximum Gasteiger partial charge on any atom is 0.135 e. The summed E-state index contributed by atoms with van der Waals surface area (Å²) in [7, 11) is 0. The van der Waals surface area contributed by atoms with Crippen LogP contribution in [-0.2, 0) is 0 Å². The van der Waals surface area contributed by atoms with Crippen LogP contribution in [0.1, 0.15) is 52.3 Å². The van der Waals surface area contributed by atoms with Gasteiger partial charge in [0.2, 0.25) is 0 Å². The third-order valence-electron chi connectivity index (χ3n) is 3.66. The molecule has 20 heavy (non-hydrogen) atoms. The number of anilines is 1. The second-order valence-corrected chi connectivity index (χ2v) is 6.45.